The highest BCUT2D eigenvalue weighted by Gasteiger charge is 2.18. The van der Waals surface area contributed by atoms with Gasteiger partial charge in [-0.25, -0.2) is 14.3 Å². The average Bonchev–Trinajstić information content (AvgIpc) is 3.42. The third-order valence-electron chi connectivity index (χ3n) is 4.08. The summed E-state index contributed by atoms with van der Waals surface area (Å²) in [5.74, 6) is 2.12. The molecule has 0 atom stereocenters. The zero-order chi connectivity index (χ0) is 20.2. The number of nitrogens with zero attached hydrogens (tertiary/aromatic N) is 3. The van der Waals surface area contributed by atoms with Crippen molar-refractivity contribution in [2.24, 2.45) is 0 Å². The SMILES string of the molecule is C#CCOC(=O)Nc1cccc(-c2ccnc3c(C(=O)c4cccs4)cnn23)c1. The van der Waals surface area contributed by atoms with Crippen LogP contribution in [0.2, 0.25) is 0 Å². The van der Waals surface area contributed by atoms with Crippen LogP contribution in [0.1, 0.15) is 15.2 Å². The number of hydrogen-bond donors (Lipinski definition) is 1. The van der Waals surface area contributed by atoms with Gasteiger partial charge in [0.25, 0.3) is 0 Å². The first-order valence-electron chi connectivity index (χ1n) is 8.56. The van der Waals surface area contributed by atoms with E-state index in [-0.39, 0.29) is 12.4 Å². The maximum absolute atomic E-state index is 12.7. The number of ketones is 1. The summed E-state index contributed by atoms with van der Waals surface area (Å²) in [4.78, 5) is 29.4. The number of hydrogen-bond acceptors (Lipinski definition) is 6. The number of fused-ring (bicyclic) bond motifs is 1. The molecule has 0 spiro atoms. The summed E-state index contributed by atoms with van der Waals surface area (Å²) >= 11 is 1.37. The van der Waals surface area contributed by atoms with Crippen molar-refractivity contribution in [3.05, 3.63) is 70.7 Å². The second-order valence-electron chi connectivity index (χ2n) is 5.92. The largest absolute Gasteiger partial charge is 0.436 e. The Balaban J connectivity index is 1.69. The molecular formula is C21H14N4O3S. The van der Waals surface area contributed by atoms with Crippen LogP contribution in [0.15, 0.2) is 60.2 Å². The Hall–Kier alpha value is -3.96. The van der Waals surface area contributed by atoms with Crippen LogP contribution in [0, 0.1) is 12.3 Å². The van der Waals surface area contributed by atoms with Gasteiger partial charge in [0.1, 0.15) is 0 Å². The van der Waals surface area contributed by atoms with Crippen molar-refractivity contribution >= 4 is 34.5 Å². The molecule has 0 radical (unpaired) electrons. The van der Waals surface area contributed by atoms with E-state index in [1.807, 2.05) is 17.5 Å². The Labute approximate surface area is 170 Å². The third-order valence-corrected chi connectivity index (χ3v) is 4.95. The Morgan fingerprint density at radius 1 is 1.24 bits per heavy atom. The molecule has 0 aliphatic carbocycles. The maximum atomic E-state index is 12.7. The first-order valence-corrected chi connectivity index (χ1v) is 9.44. The van der Waals surface area contributed by atoms with Crippen LogP contribution in [0.3, 0.4) is 0 Å². The second-order valence-corrected chi connectivity index (χ2v) is 6.86. The number of carbonyl (C=O) groups excluding carboxylic acids is 2. The summed E-state index contributed by atoms with van der Waals surface area (Å²) in [6.45, 7) is -0.106. The van der Waals surface area contributed by atoms with E-state index < -0.39 is 6.09 Å². The fourth-order valence-electron chi connectivity index (χ4n) is 2.83. The van der Waals surface area contributed by atoms with Gasteiger partial charge in [-0.3, -0.25) is 10.1 Å². The fourth-order valence-corrected chi connectivity index (χ4v) is 3.51. The molecule has 1 N–H and O–H groups in total. The van der Waals surface area contributed by atoms with Gasteiger partial charge in [-0.05, 0) is 29.6 Å². The number of terminal acetylenes is 1. The summed E-state index contributed by atoms with van der Waals surface area (Å²) in [5.41, 5.74) is 2.94. The van der Waals surface area contributed by atoms with E-state index in [1.54, 1.807) is 41.0 Å². The number of nitrogens with one attached hydrogen (secondary N) is 1. The maximum Gasteiger partial charge on any atom is 0.412 e. The van der Waals surface area contributed by atoms with Crippen molar-refractivity contribution in [1.29, 1.82) is 0 Å². The molecule has 0 unspecified atom stereocenters. The molecule has 0 saturated carbocycles. The van der Waals surface area contributed by atoms with Gasteiger partial charge in [0, 0.05) is 17.4 Å². The molecule has 0 fully saturated rings. The van der Waals surface area contributed by atoms with E-state index in [4.69, 9.17) is 11.2 Å². The zero-order valence-electron chi connectivity index (χ0n) is 15.0. The normalized spacial score (nSPS) is 10.4. The van der Waals surface area contributed by atoms with Gasteiger partial charge < -0.3 is 4.74 Å². The van der Waals surface area contributed by atoms with E-state index in [1.165, 1.54) is 17.5 Å². The quantitative estimate of drug-likeness (QED) is 0.405. The zero-order valence-corrected chi connectivity index (χ0v) is 15.8. The molecule has 4 rings (SSSR count). The summed E-state index contributed by atoms with van der Waals surface area (Å²) < 4.78 is 6.43. The third kappa shape index (κ3) is 3.72. The predicted molar refractivity (Wildman–Crippen MR) is 110 cm³/mol. The van der Waals surface area contributed by atoms with Crippen LogP contribution < -0.4 is 5.32 Å². The van der Waals surface area contributed by atoms with Crippen molar-refractivity contribution in [3.8, 4) is 23.6 Å². The molecule has 29 heavy (non-hydrogen) atoms. The van der Waals surface area contributed by atoms with Gasteiger partial charge >= 0.3 is 6.09 Å². The molecule has 1 aromatic carbocycles. The number of aromatic nitrogens is 3. The van der Waals surface area contributed by atoms with Gasteiger partial charge in [-0.2, -0.15) is 5.10 Å². The van der Waals surface area contributed by atoms with Crippen molar-refractivity contribution in [3.63, 3.8) is 0 Å². The first kappa shape index (κ1) is 18.4. The minimum atomic E-state index is -0.636. The van der Waals surface area contributed by atoms with Crippen LogP contribution in [0.25, 0.3) is 16.9 Å². The number of thiophene rings is 1. The minimum absolute atomic E-state index is 0.106. The topological polar surface area (TPSA) is 85.6 Å². The minimum Gasteiger partial charge on any atom is -0.436 e. The molecule has 0 saturated heterocycles. The summed E-state index contributed by atoms with van der Waals surface area (Å²) in [5, 5.41) is 8.84. The molecular weight excluding hydrogens is 388 g/mol. The molecule has 0 aliphatic rings. The standard InChI is InChI=1S/C21H14N4O3S/c1-2-10-28-21(27)24-15-6-3-5-14(12-15)17-8-9-22-20-16(13-23-25(17)20)19(26)18-7-4-11-29-18/h1,3-9,11-13H,10H2,(H,24,27). The number of rotatable bonds is 5. The average molecular weight is 402 g/mol. The Bertz CT molecular complexity index is 1240. The molecule has 3 heterocycles. The Morgan fingerprint density at radius 2 is 2.14 bits per heavy atom. The van der Waals surface area contributed by atoms with Crippen molar-refractivity contribution in [2.75, 3.05) is 11.9 Å². The molecule has 0 bridgehead atoms. The summed E-state index contributed by atoms with van der Waals surface area (Å²) in [7, 11) is 0. The van der Waals surface area contributed by atoms with Gasteiger partial charge in [0.2, 0.25) is 5.78 Å². The molecule has 1 amide bonds. The van der Waals surface area contributed by atoms with Crippen LogP contribution in [-0.4, -0.2) is 33.1 Å². The molecule has 142 valence electrons. The van der Waals surface area contributed by atoms with Crippen LogP contribution in [0.4, 0.5) is 10.5 Å². The molecule has 8 heteroatoms. The van der Waals surface area contributed by atoms with E-state index in [2.05, 4.69) is 21.3 Å². The van der Waals surface area contributed by atoms with Crippen LogP contribution >= 0.6 is 11.3 Å². The van der Waals surface area contributed by atoms with Gasteiger partial charge in [0.05, 0.1) is 22.3 Å². The van der Waals surface area contributed by atoms with Gasteiger partial charge in [0.15, 0.2) is 12.3 Å². The fraction of sp³-hybridized carbons (Fsp3) is 0.0476. The number of amides is 1. The lowest BCUT2D eigenvalue weighted by molar-refractivity contribution is 0.104. The highest BCUT2D eigenvalue weighted by molar-refractivity contribution is 7.12. The molecule has 3 aromatic heterocycles. The van der Waals surface area contributed by atoms with Crippen LogP contribution in [-0.2, 0) is 4.74 Å². The van der Waals surface area contributed by atoms with E-state index in [9.17, 15) is 9.59 Å². The van der Waals surface area contributed by atoms with Crippen molar-refractivity contribution in [1.82, 2.24) is 14.6 Å². The lowest BCUT2D eigenvalue weighted by Gasteiger charge is -2.08. The number of ether oxygens (including phenoxy) is 1. The summed E-state index contributed by atoms with van der Waals surface area (Å²) in [6, 6.07) is 12.6. The van der Waals surface area contributed by atoms with Gasteiger partial charge in [-0.1, -0.05) is 24.1 Å². The number of carbonyl (C=O) groups is 2. The number of benzene rings is 1. The smallest absolute Gasteiger partial charge is 0.412 e. The Morgan fingerprint density at radius 3 is 2.93 bits per heavy atom. The molecule has 0 aliphatic heterocycles. The van der Waals surface area contributed by atoms with Crippen molar-refractivity contribution < 1.29 is 14.3 Å². The highest BCUT2D eigenvalue weighted by Crippen LogP contribution is 2.25. The highest BCUT2D eigenvalue weighted by atomic mass is 32.1. The monoisotopic (exact) mass is 402 g/mol. The van der Waals surface area contributed by atoms with E-state index >= 15 is 0 Å². The lowest BCUT2D eigenvalue weighted by atomic mass is 10.1. The lowest BCUT2D eigenvalue weighted by Crippen LogP contribution is -2.13. The van der Waals surface area contributed by atoms with E-state index in [0.29, 0.717) is 21.8 Å². The van der Waals surface area contributed by atoms with Gasteiger partial charge in [-0.15, -0.1) is 17.8 Å². The molecule has 7 nitrogen and oxygen atoms in total. The second kappa shape index (κ2) is 7.96. The predicted octanol–water partition coefficient (Wildman–Crippen LogP) is 3.87. The number of anilines is 1. The summed E-state index contributed by atoms with van der Waals surface area (Å²) in [6.07, 6.45) is 7.59. The Kier molecular flexibility index (Phi) is 5.05. The molecule has 4 aromatic rings. The first-order chi connectivity index (χ1) is 14.2. The van der Waals surface area contributed by atoms with E-state index in [0.717, 1.165) is 11.3 Å². The van der Waals surface area contributed by atoms with Crippen LogP contribution in [0.5, 0.6) is 0 Å². The van der Waals surface area contributed by atoms with Crippen molar-refractivity contribution in [2.45, 2.75) is 0 Å².